The van der Waals surface area contributed by atoms with Crippen molar-refractivity contribution in [3.63, 3.8) is 0 Å². The van der Waals surface area contributed by atoms with Crippen molar-refractivity contribution in [3.8, 4) is 11.8 Å². The van der Waals surface area contributed by atoms with Gasteiger partial charge in [0.2, 0.25) is 5.95 Å². The predicted octanol–water partition coefficient (Wildman–Crippen LogP) is 5.27. The van der Waals surface area contributed by atoms with Crippen molar-refractivity contribution in [3.05, 3.63) is 65.9 Å². The highest BCUT2D eigenvalue weighted by Gasteiger charge is 2.22. The van der Waals surface area contributed by atoms with E-state index in [1.807, 2.05) is 75.7 Å². The first kappa shape index (κ1) is 29.1. The summed E-state index contributed by atoms with van der Waals surface area (Å²) in [6.07, 6.45) is 4.42. The van der Waals surface area contributed by atoms with Crippen LogP contribution in [0.25, 0.3) is 5.82 Å². The average Bonchev–Trinajstić information content (AvgIpc) is 3.58. The predicted molar refractivity (Wildman–Crippen MR) is 161 cm³/mol. The molecule has 0 radical (unpaired) electrons. The Hall–Kier alpha value is -4.42. The molecule has 1 aliphatic rings. The summed E-state index contributed by atoms with van der Waals surface area (Å²) in [6, 6.07) is 9.31. The number of benzene rings is 1. The Morgan fingerprint density at radius 1 is 1.05 bits per heavy atom. The number of morpholine rings is 1. The number of anilines is 4. The van der Waals surface area contributed by atoms with Crippen LogP contribution in [-0.4, -0.2) is 69.9 Å². The van der Waals surface area contributed by atoms with Crippen LogP contribution in [0.5, 0.6) is 5.95 Å². The number of imidazole rings is 1. The molecule has 0 bridgehead atoms. The van der Waals surface area contributed by atoms with Crippen LogP contribution in [0, 0.1) is 13.8 Å². The van der Waals surface area contributed by atoms with Gasteiger partial charge < -0.3 is 24.5 Å². The molecular weight excluding hydrogens is 536 g/mol. The van der Waals surface area contributed by atoms with E-state index in [0.29, 0.717) is 17.5 Å². The molecule has 0 atom stereocenters. The Balaban J connectivity index is 1.24. The van der Waals surface area contributed by atoms with E-state index >= 15 is 0 Å². The summed E-state index contributed by atoms with van der Waals surface area (Å²) in [5, 5.41) is 9.52. The Morgan fingerprint density at radius 3 is 2.62 bits per heavy atom. The number of rotatable bonds is 9. The van der Waals surface area contributed by atoms with Crippen LogP contribution >= 0.6 is 0 Å². The summed E-state index contributed by atoms with van der Waals surface area (Å²) in [5.74, 6) is 2.90. The van der Waals surface area contributed by atoms with Gasteiger partial charge in [-0.05, 0) is 37.6 Å². The van der Waals surface area contributed by atoms with E-state index in [4.69, 9.17) is 13.9 Å². The number of aromatic nitrogens is 4. The van der Waals surface area contributed by atoms with Crippen molar-refractivity contribution in [1.29, 1.82) is 0 Å². The fraction of sp³-hybridized carbons (Fsp3) is 0.400. The van der Waals surface area contributed by atoms with Gasteiger partial charge in [0, 0.05) is 67.0 Å². The van der Waals surface area contributed by atoms with E-state index in [-0.39, 0.29) is 11.4 Å². The number of amides is 1. The Kier molecular flexibility index (Phi) is 8.74. The second-order valence-electron chi connectivity index (χ2n) is 11.3. The molecule has 1 saturated heterocycles. The average molecular weight is 575 g/mol. The summed E-state index contributed by atoms with van der Waals surface area (Å²) in [4.78, 5) is 28.4. The maximum absolute atomic E-state index is 12.7. The number of nitrogens with one attached hydrogen (secondary N) is 3. The van der Waals surface area contributed by atoms with Crippen LogP contribution in [0.4, 0.5) is 27.9 Å². The van der Waals surface area contributed by atoms with E-state index in [1.54, 1.807) is 6.20 Å². The second kappa shape index (κ2) is 12.6. The molecule has 1 aliphatic heterocycles. The fourth-order valence-corrected chi connectivity index (χ4v) is 4.44. The lowest BCUT2D eigenvalue weighted by molar-refractivity contribution is 0.0398. The third-order valence-corrected chi connectivity index (χ3v) is 6.91. The summed E-state index contributed by atoms with van der Waals surface area (Å²) < 4.78 is 18.5. The number of carbonyl (C=O) groups excluding carboxylic acids is 1. The standard InChI is InChI=1S/C30H38N8O4/c1-20-6-7-22(35-29(39)42-27-21(2)16-24(41-27)30(3,4)5)17-23(20)36-28-32-9-11-38(28)26-18-25(33-19-34-26)31-8-10-37-12-14-40-15-13-37/h6-7,9,11,16-19H,8,10,12-15H2,1-5H3,(H,32,36)(H,35,39)(H,31,33,34). The van der Waals surface area contributed by atoms with Crippen molar-refractivity contribution in [2.24, 2.45) is 0 Å². The normalized spacial score (nSPS) is 14.0. The molecule has 0 aliphatic carbocycles. The van der Waals surface area contributed by atoms with Gasteiger partial charge >= 0.3 is 6.09 Å². The number of aryl methyl sites for hydroxylation is 2. The largest absolute Gasteiger partial charge is 0.430 e. The molecular formula is C30H38N8O4. The number of nitrogens with zero attached hydrogens (tertiary/aromatic N) is 5. The first-order valence-corrected chi connectivity index (χ1v) is 14.0. The maximum Gasteiger partial charge on any atom is 0.419 e. The lowest BCUT2D eigenvalue weighted by Crippen LogP contribution is -2.39. The van der Waals surface area contributed by atoms with Crippen molar-refractivity contribution in [1.82, 2.24) is 24.4 Å². The van der Waals surface area contributed by atoms with Crippen LogP contribution in [0.15, 0.2) is 53.5 Å². The van der Waals surface area contributed by atoms with Gasteiger partial charge in [-0.25, -0.2) is 19.7 Å². The van der Waals surface area contributed by atoms with Crippen LogP contribution in [-0.2, 0) is 10.2 Å². The molecule has 1 fully saturated rings. The molecule has 12 heteroatoms. The summed E-state index contributed by atoms with van der Waals surface area (Å²) in [7, 11) is 0. The lowest BCUT2D eigenvalue weighted by Gasteiger charge is -2.26. The molecule has 5 rings (SSSR count). The van der Waals surface area contributed by atoms with Gasteiger partial charge in [-0.1, -0.05) is 26.8 Å². The van der Waals surface area contributed by atoms with Crippen molar-refractivity contribution >= 4 is 29.2 Å². The smallest absolute Gasteiger partial charge is 0.419 e. The Labute approximate surface area is 245 Å². The molecule has 3 N–H and O–H groups in total. The number of hydrogen-bond acceptors (Lipinski definition) is 10. The van der Waals surface area contributed by atoms with Crippen LogP contribution < -0.4 is 20.7 Å². The van der Waals surface area contributed by atoms with E-state index < -0.39 is 6.09 Å². The number of carbonyl (C=O) groups is 1. The zero-order valence-corrected chi connectivity index (χ0v) is 24.7. The highest BCUT2D eigenvalue weighted by atomic mass is 16.6. The Bertz CT molecular complexity index is 1520. The molecule has 0 spiro atoms. The van der Waals surface area contributed by atoms with Gasteiger partial charge in [0.15, 0.2) is 0 Å². The molecule has 0 unspecified atom stereocenters. The van der Waals surface area contributed by atoms with Crippen LogP contribution in [0.1, 0.15) is 37.7 Å². The molecule has 12 nitrogen and oxygen atoms in total. The van der Waals surface area contributed by atoms with Crippen LogP contribution in [0.2, 0.25) is 0 Å². The zero-order chi connectivity index (χ0) is 29.7. The highest BCUT2D eigenvalue weighted by Crippen LogP contribution is 2.32. The van der Waals surface area contributed by atoms with Crippen molar-refractivity contribution < 1.29 is 18.7 Å². The molecule has 3 aromatic heterocycles. The number of ether oxygens (including phenoxy) is 2. The minimum absolute atomic E-state index is 0.185. The molecule has 1 aromatic carbocycles. The summed E-state index contributed by atoms with van der Waals surface area (Å²) >= 11 is 0. The van der Waals surface area contributed by atoms with Gasteiger partial charge in [0.25, 0.3) is 5.95 Å². The topological polar surface area (TPSA) is 132 Å². The number of hydrogen-bond donors (Lipinski definition) is 3. The van der Waals surface area contributed by atoms with E-state index in [0.717, 1.165) is 67.8 Å². The molecule has 0 saturated carbocycles. The minimum atomic E-state index is -0.640. The minimum Gasteiger partial charge on any atom is -0.430 e. The molecule has 42 heavy (non-hydrogen) atoms. The first-order valence-electron chi connectivity index (χ1n) is 14.0. The summed E-state index contributed by atoms with van der Waals surface area (Å²) in [5.41, 5.74) is 2.85. The van der Waals surface area contributed by atoms with Gasteiger partial charge in [-0.15, -0.1) is 0 Å². The molecule has 1 amide bonds. The van der Waals surface area contributed by atoms with Gasteiger partial charge in [0.05, 0.1) is 13.2 Å². The monoisotopic (exact) mass is 574 g/mol. The third-order valence-electron chi connectivity index (χ3n) is 6.91. The zero-order valence-electron chi connectivity index (χ0n) is 24.7. The van der Waals surface area contributed by atoms with E-state index in [2.05, 4.69) is 35.8 Å². The molecule has 4 aromatic rings. The quantitative estimate of drug-likeness (QED) is 0.243. The van der Waals surface area contributed by atoms with E-state index in [9.17, 15) is 4.79 Å². The highest BCUT2D eigenvalue weighted by molar-refractivity contribution is 5.87. The van der Waals surface area contributed by atoms with Crippen molar-refractivity contribution in [2.75, 3.05) is 55.3 Å². The van der Waals surface area contributed by atoms with Gasteiger partial charge in [-0.3, -0.25) is 14.8 Å². The van der Waals surface area contributed by atoms with Gasteiger partial charge in [0.1, 0.15) is 23.7 Å². The van der Waals surface area contributed by atoms with Crippen molar-refractivity contribution in [2.45, 2.75) is 40.0 Å². The third kappa shape index (κ3) is 7.25. The molecule has 4 heterocycles. The fourth-order valence-electron chi connectivity index (χ4n) is 4.44. The van der Waals surface area contributed by atoms with E-state index in [1.165, 1.54) is 6.33 Å². The Morgan fingerprint density at radius 2 is 1.86 bits per heavy atom. The lowest BCUT2D eigenvalue weighted by atomic mass is 9.93. The summed E-state index contributed by atoms with van der Waals surface area (Å²) in [6.45, 7) is 15.1. The second-order valence-corrected chi connectivity index (χ2v) is 11.3. The van der Waals surface area contributed by atoms with Gasteiger partial charge in [-0.2, -0.15) is 0 Å². The first-order chi connectivity index (χ1) is 20.2. The SMILES string of the molecule is Cc1ccc(NC(=O)Oc2oc(C(C)(C)C)cc2C)cc1Nc1nccn1-c1cc(NCCN2CCOCC2)ncn1. The maximum atomic E-state index is 12.7. The van der Waals surface area contributed by atoms with Crippen LogP contribution in [0.3, 0.4) is 0 Å². The number of furan rings is 1. The molecule has 222 valence electrons.